The Morgan fingerprint density at radius 3 is 1.92 bits per heavy atom. The predicted molar refractivity (Wildman–Crippen MR) is 69.5 cm³/mol. The highest BCUT2D eigenvalue weighted by molar-refractivity contribution is 9.28. The van der Waals surface area contributed by atoms with Crippen molar-refractivity contribution in [2.24, 2.45) is 0 Å². The topological polar surface area (TPSA) is 0 Å². The van der Waals surface area contributed by atoms with Crippen LogP contribution in [0.4, 0.5) is 0 Å². The normalized spacial score (nSPS) is 9.08. The summed E-state index contributed by atoms with van der Waals surface area (Å²) in [5.74, 6) is 8.85. The zero-order chi connectivity index (χ0) is 10.5. The van der Waals surface area contributed by atoms with Crippen molar-refractivity contribution in [1.82, 2.24) is 0 Å². The lowest BCUT2D eigenvalue weighted by Gasteiger charge is -2.03. The van der Waals surface area contributed by atoms with Crippen LogP contribution in [-0.2, 0) is 0 Å². The van der Waals surface area contributed by atoms with Crippen molar-refractivity contribution in [1.29, 1.82) is 0 Å². The molecule has 13 heavy (non-hydrogen) atoms. The van der Waals surface area contributed by atoms with Gasteiger partial charge in [0.15, 0.2) is 0 Å². The first-order valence-electron chi connectivity index (χ1n) is 3.88. The Balaban J connectivity index is 4.89. The minimum atomic E-state index is -1.30. The van der Waals surface area contributed by atoms with E-state index < -0.39 is 8.07 Å². The summed E-state index contributed by atoms with van der Waals surface area (Å²) in [7, 11) is -1.30. The summed E-state index contributed by atoms with van der Waals surface area (Å²) in [4.78, 5) is 0. The van der Waals surface area contributed by atoms with E-state index in [1.165, 1.54) is 0 Å². The molecule has 0 aliphatic carbocycles. The van der Waals surface area contributed by atoms with Crippen molar-refractivity contribution in [2.75, 3.05) is 0 Å². The standard InChI is InChI=1S/C10H12Br2Si/c1-5-6-9(10(11)12)7-8-13(2,3)4/h1-4H3. The van der Waals surface area contributed by atoms with Crippen LogP contribution in [-0.4, -0.2) is 8.07 Å². The SMILES string of the molecule is CC#CC(C#C[Si](C)(C)C)=C(Br)Br. The molecule has 0 heterocycles. The average Bonchev–Trinajstić information content (AvgIpc) is 1.95. The van der Waals surface area contributed by atoms with Crippen LogP contribution in [0.1, 0.15) is 6.92 Å². The van der Waals surface area contributed by atoms with E-state index in [4.69, 9.17) is 0 Å². The van der Waals surface area contributed by atoms with Crippen LogP contribution in [0.3, 0.4) is 0 Å². The highest BCUT2D eigenvalue weighted by Gasteiger charge is 2.07. The largest absolute Gasteiger partial charge is 0.129 e. The van der Waals surface area contributed by atoms with Gasteiger partial charge < -0.3 is 0 Å². The van der Waals surface area contributed by atoms with E-state index in [1.54, 1.807) is 6.92 Å². The molecule has 70 valence electrons. The molecule has 0 spiro atoms. The highest BCUT2D eigenvalue weighted by atomic mass is 79.9. The number of hydrogen-bond acceptors (Lipinski definition) is 0. The van der Waals surface area contributed by atoms with Crippen molar-refractivity contribution in [3.05, 3.63) is 8.96 Å². The fraction of sp³-hybridized carbons (Fsp3) is 0.400. The van der Waals surface area contributed by atoms with Crippen LogP contribution in [0.25, 0.3) is 0 Å². The summed E-state index contributed by atoms with van der Waals surface area (Å²) in [5, 5.41) is 0. The fourth-order valence-electron chi connectivity index (χ4n) is 0.501. The Morgan fingerprint density at radius 2 is 1.62 bits per heavy atom. The fourth-order valence-corrected chi connectivity index (χ4v) is 1.40. The predicted octanol–water partition coefficient (Wildman–Crippen LogP) is 3.89. The van der Waals surface area contributed by atoms with E-state index in [0.717, 1.165) is 8.96 Å². The molecule has 0 aromatic rings. The van der Waals surface area contributed by atoms with Crippen molar-refractivity contribution in [3.8, 4) is 23.3 Å². The molecule has 0 nitrogen and oxygen atoms in total. The Morgan fingerprint density at radius 1 is 1.08 bits per heavy atom. The van der Waals surface area contributed by atoms with E-state index >= 15 is 0 Å². The summed E-state index contributed by atoms with van der Waals surface area (Å²) >= 11 is 6.63. The van der Waals surface area contributed by atoms with Crippen LogP contribution in [0.5, 0.6) is 0 Å². The molecule has 3 heteroatoms. The molecule has 0 fully saturated rings. The van der Waals surface area contributed by atoms with Gasteiger partial charge in [-0.1, -0.05) is 31.5 Å². The quantitative estimate of drug-likeness (QED) is 0.469. The third-order valence-corrected chi connectivity index (χ3v) is 2.67. The van der Waals surface area contributed by atoms with Gasteiger partial charge in [-0.05, 0) is 38.8 Å². The van der Waals surface area contributed by atoms with Gasteiger partial charge in [0.05, 0.1) is 8.96 Å². The van der Waals surface area contributed by atoms with Crippen LogP contribution in [0.15, 0.2) is 8.96 Å². The third kappa shape index (κ3) is 7.13. The van der Waals surface area contributed by atoms with Gasteiger partial charge in [-0.15, -0.1) is 11.5 Å². The van der Waals surface area contributed by atoms with E-state index in [1.807, 2.05) is 0 Å². The Labute approximate surface area is 98.4 Å². The van der Waals surface area contributed by atoms with E-state index in [-0.39, 0.29) is 0 Å². The van der Waals surface area contributed by atoms with Crippen LogP contribution in [0, 0.1) is 23.3 Å². The monoisotopic (exact) mass is 318 g/mol. The molecule has 0 aliphatic heterocycles. The summed E-state index contributed by atoms with van der Waals surface area (Å²) in [6, 6.07) is 0. The van der Waals surface area contributed by atoms with E-state index in [0.29, 0.717) is 0 Å². The maximum Gasteiger partial charge on any atom is 0.129 e. The van der Waals surface area contributed by atoms with Crippen molar-refractivity contribution < 1.29 is 0 Å². The second-order valence-electron chi connectivity index (χ2n) is 3.51. The second-order valence-corrected chi connectivity index (χ2v) is 10.9. The van der Waals surface area contributed by atoms with Crippen molar-refractivity contribution in [3.63, 3.8) is 0 Å². The van der Waals surface area contributed by atoms with Gasteiger partial charge in [0, 0.05) is 0 Å². The molecule has 0 bridgehead atoms. The summed E-state index contributed by atoms with van der Waals surface area (Å²) in [6.07, 6.45) is 0. The zero-order valence-corrected chi connectivity index (χ0v) is 12.4. The number of rotatable bonds is 0. The first-order chi connectivity index (χ1) is 5.87. The zero-order valence-electron chi connectivity index (χ0n) is 8.26. The molecular formula is C10H12Br2Si. The lowest BCUT2D eigenvalue weighted by atomic mass is 10.3. The number of hydrogen-bond donors (Lipinski definition) is 0. The lowest BCUT2D eigenvalue weighted by molar-refractivity contribution is 1.80. The molecule has 0 unspecified atom stereocenters. The molecule has 0 amide bonds. The van der Waals surface area contributed by atoms with E-state index in [9.17, 15) is 0 Å². The molecule has 0 N–H and O–H groups in total. The maximum absolute atomic E-state index is 3.32. The first-order valence-corrected chi connectivity index (χ1v) is 8.96. The van der Waals surface area contributed by atoms with Crippen LogP contribution >= 0.6 is 31.9 Å². The molecule has 0 atom stereocenters. The smallest absolute Gasteiger partial charge is 0.126 e. The van der Waals surface area contributed by atoms with Gasteiger partial charge in [-0.2, -0.15) is 0 Å². The second kappa shape index (κ2) is 5.70. The molecule has 0 aromatic heterocycles. The van der Waals surface area contributed by atoms with E-state index in [2.05, 4.69) is 74.8 Å². The minimum absolute atomic E-state index is 0.824. The molecule has 0 saturated carbocycles. The Hall–Kier alpha value is 0.0369. The number of halogens is 2. The molecule has 0 saturated heterocycles. The Bertz CT molecular complexity index is 322. The Kier molecular flexibility index (Phi) is 5.72. The van der Waals surface area contributed by atoms with Crippen molar-refractivity contribution >= 4 is 39.9 Å². The summed E-state index contributed by atoms with van der Waals surface area (Å²) < 4.78 is 0.833. The van der Waals surface area contributed by atoms with Crippen molar-refractivity contribution in [2.45, 2.75) is 26.6 Å². The van der Waals surface area contributed by atoms with Gasteiger partial charge in [0.2, 0.25) is 0 Å². The molecule has 0 aromatic carbocycles. The molecule has 0 radical (unpaired) electrons. The van der Waals surface area contributed by atoms with Gasteiger partial charge in [-0.25, -0.2) is 0 Å². The average molecular weight is 320 g/mol. The third-order valence-electron chi connectivity index (χ3n) is 1.00. The van der Waals surface area contributed by atoms with Gasteiger partial charge in [0.25, 0.3) is 0 Å². The maximum atomic E-state index is 3.32. The lowest BCUT2D eigenvalue weighted by Crippen LogP contribution is -2.16. The summed E-state index contributed by atoms with van der Waals surface area (Å²) in [5.41, 5.74) is 4.08. The molecule has 0 rings (SSSR count). The first kappa shape index (κ1) is 13.0. The van der Waals surface area contributed by atoms with Crippen LogP contribution in [0.2, 0.25) is 19.6 Å². The number of allylic oxidation sites excluding steroid dienone is 1. The molecular weight excluding hydrogens is 308 g/mol. The molecule has 0 aliphatic rings. The highest BCUT2D eigenvalue weighted by Crippen LogP contribution is 2.18. The van der Waals surface area contributed by atoms with Gasteiger partial charge in [-0.3, -0.25) is 0 Å². The van der Waals surface area contributed by atoms with Crippen LogP contribution < -0.4 is 0 Å². The van der Waals surface area contributed by atoms with Gasteiger partial charge >= 0.3 is 0 Å². The minimum Gasteiger partial charge on any atom is -0.126 e. The van der Waals surface area contributed by atoms with Gasteiger partial charge in [0.1, 0.15) is 8.07 Å². The summed E-state index contributed by atoms with van der Waals surface area (Å²) in [6.45, 7) is 8.43.